The summed E-state index contributed by atoms with van der Waals surface area (Å²) in [5.41, 5.74) is 5.93. The van der Waals surface area contributed by atoms with Gasteiger partial charge in [-0.3, -0.25) is 4.57 Å². The Morgan fingerprint density at radius 2 is 2.23 bits per heavy atom. The molecule has 1 unspecified atom stereocenters. The quantitative estimate of drug-likeness (QED) is 0.170. The summed E-state index contributed by atoms with van der Waals surface area (Å²) in [6, 6.07) is 0. The van der Waals surface area contributed by atoms with E-state index in [0.717, 1.165) is 0 Å². The molecule has 11 heteroatoms. The molecule has 0 radical (unpaired) electrons. The molecule has 5 atom stereocenters. The maximum Gasteiger partial charge on any atom is 0.272 e. The van der Waals surface area contributed by atoms with Crippen LogP contribution in [0.1, 0.15) is 11.9 Å². The molecule has 1 saturated heterocycles. The summed E-state index contributed by atoms with van der Waals surface area (Å²) in [4.78, 5) is 3.80. The Balaban J connectivity index is 2.05. The van der Waals surface area contributed by atoms with Gasteiger partial charge in [0.2, 0.25) is 11.9 Å². The van der Waals surface area contributed by atoms with Gasteiger partial charge in [0, 0.05) is 0 Å². The highest BCUT2D eigenvalue weighted by atomic mass is 32.1. The molecule has 1 aromatic rings. The lowest BCUT2D eigenvalue weighted by Crippen LogP contribution is -2.49. The number of hydrogen-bond acceptors (Lipinski definition) is 9. The Labute approximate surface area is 130 Å². The summed E-state index contributed by atoms with van der Waals surface area (Å²) < 4.78 is 8.48. The normalized spacial score (nSPS) is 37.6. The summed E-state index contributed by atoms with van der Waals surface area (Å²) in [6.45, 7) is -0.433. The van der Waals surface area contributed by atoms with Crippen molar-refractivity contribution < 1.29 is 29.7 Å². The number of rotatable bonds is 2. The van der Waals surface area contributed by atoms with E-state index < -0.39 is 36.2 Å². The number of aliphatic imine (C=N–C) groups is 1. The highest BCUT2D eigenvalue weighted by Crippen LogP contribution is 2.36. The zero-order valence-electron chi connectivity index (χ0n) is 11.7. The molecule has 1 aromatic heterocycles. The monoisotopic (exact) mass is 332 g/mol. The van der Waals surface area contributed by atoms with Gasteiger partial charge in [-0.2, -0.15) is 4.99 Å². The lowest BCUT2D eigenvalue weighted by atomic mass is 10.1. The number of aromatic nitrogens is 2. The second-order valence-corrected chi connectivity index (χ2v) is 5.94. The third-order valence-electron chi connectivity index (χ3n) is 3.76. The van der Waals surface area contributed by atoms with Crippen LogP contribution in [0.4, 0.5) is 5.82 Å². The van der Waals surface area contributed by atoms with Gasteiger partial charge in [-0.15, -0.1) is 12.6 Å². The van der Waals surface area contributed by atoms with Gasteiger partial charge >= 0.3 is 0 Å². The summed E-state index contributed by atoms with van der Waals surface area (Å²) in [5, 5.41) is 40.4. The molecule has 1 fully saturated rings. The van der Waals surface area contributed by atoms with E-state index in [0.29, 0.717) is 11.5 Å². The summed E-state index contributed by atoms with van der Waals surface area (Å²) in [7, 11) is 1.65. The van der Waals surface area contributed by atoms with Gasteiger partial charge < -0.3 is 30.9 Å². The number of fused-ring (bicyclic) bond motifs is 1. The number of ether oxygens (including phenoxy) is 1. The van der Waals surface area contributed by atoms with Crippen molar-refractivity contribution in [1.82, 2.24) is 4.57 Å². The fourth-order valence-corrected chi connectivity index (χ4v) is 3.15. The molecule has 122 valence electrons. The fourth-order valence-electron chi connectivity index (χ4n) is 2.78. The highest BCUT2D eigenvalue weighted by molar-refractivity contribution is 7.81. The molecule has 2 aliphatic heterocycles. The molecule has 22 heavy (non-hydrogen) atoms. The van der Waals surface area contributed by atoms with Crippen molar-refractivity contribution in [2.24, 2.45) is 17.8 Å². The molecule has 10 nitrogen and oxygen atoms in total. The smallest absolute Gasteiger partial charge is 0.272 e. The van der Waals surface area contributed by atoms with Gasteiger partial charge in [-0.25, -0.2) is 9.88 Å². The van der Waals surface area contributed by atoms with E-state index in [1.165, 1.54) is 10.9 Å². The first-order valence-electron chi connectivity index (χ1n) is 6.56. The van der Waals surface area contributed by atoms with Crippen molar-refractivity contribution in [3.63, 3.8) is 0 Å². The van der Waals surface area contributed by atoms with Crippen LogP contribution in [0.2, 0.25) is 0 Å². The number of hydrogen-bond donors (Lipinski definition) is 7. The van der Waals surface area contributed by atoms with Crippen LogP contribution in [0.15, 0.2) is 11.3 Å². The molecule has 3 heterocycles. The minimum atomic E-state index is -1.84. The summed E-state index contributed by atoms with van der Waals surface area (Å²) in [6.07, 6.45) is -2.84. The van der Waals surface area contributed by atoms with E-state index in [2.05, 4.69) is 22.9 Å². The number of guanidine groups is 1. The van der Waals surface area contributed by atoms with E-state index in [1.54, 1.807) is 11.6 Å². The molecule has 3 rings (SSSR count). The van der Waals surface area contributed by atoms with Crippen molar-refractivity contribution in [2.75, 3.05) is 11.9 Å². The van der Waals surface area contributed by atoms with Crippen LogP contribution in [-0.2, 0) is 16.8 Å². The largest absolute Gasteiger partial charge is 0.394 e. The molecule has 7 N–H and O–H groups in total. The van der Waals surface area contributed by atoms with Gasteiger partial charge in [-0.1, -0.05) is 0 Å². The average Bonchev–Trinajstić information content (AvgIpc) is 2.88. The average molecular weight is 332 g/mol. The molecule has 0 aromatic carbocycles. The van der Waals surface area contributed by atoms with Crippen LogP contribution in [0.5, 0.6) is 0 Å². The van der Waals surface area contributed by atoms with Gasteiger partial charge in [-0.05, 0) is 0 Å². The zero-order valence-corrected chi connectivity index (χ0v) is 12.6. The van der Waals surface area contributed by atoms with Gasteiger partial charge in [0.05, 0.1) is 13.7 Å². The number of imidazole rings is 1. The van der Waals surface area contributed by atoms with Crippen LogP contribution in [0.3, 0.4) is 0 Å². The predicted molar refractivity (Wildman–Crippen MR) is 76.7 cm³/mol. The third kappa shape index (κ3) is 2.17. The van der Waals surface area contributed by atoms with Gasteiger partial charge in [0.25, 0.3) is 16.8 Å². The van der Waals surface area contributed by atoms with Crippen molar-refractivity contribution in [3.8, 4) is 0 Å². The van der Waals surface area contributed by atoms with Crippen LogP contribution in [0.25, 0.3) is 0 Å². The SMILES string of the molecule is Cn1c[n+]([C@@H]2O[C@H](CO)[C@@H](O)[C@H]2O)c2c1C(O)(S)N=C(N)N2. The van der Waals surface area contributed by atoms with E-state index >= 15 is 0 Å². The zero-order chi connectivity index (χ0) is 16.2. The molecule has 0 amide bonds. The molecule has 0 saturated carbocycles. The summed E-state index contributed by atoms with van der Waals surface area (Å²) >= 11 is 4.08. The number of nitrogens with one attached hydrogen (secondary N) is 1. The number of nitrogens with zero attached hydrogens (tertiary/aromatic N) is 3. The molecule has 0 bridgehead atoms. The minimum absolute atomic E-state index is 0.0586. The van der Waals surface area contributed by atoms with Crippen LogP contribution in [0, 0.1) is 0 Å². The lowest BCUT2D eigenvalue weighted by molar-refractivity contribution is -0.753. The number of anilines is 1. The van der Waals surface area contributed by atoms with E-state index in [4.69, 9.17) is 10.5 Å². The van der Waals surface area contributed by atoms with E-state index in [1.807, 2.05) is 0 Å². The number of thiol groups is 1. The Morgan fingerprint density at radius 1 is 1.55 bits per heavy atom. The third-order valence-corrected chi connectivity index (χ3v) is 4.08. The highest BCUT2D eigenvalue weighted by Gasteiger charge is 2.49. The number of aliphatic hydroxyl groups is 4. The molecule has 0 aliphatic carbocycles. The van der Waals surface area contributed by atoms with Gasteiger partial charge in [0.1, 0.15) is 18.3 Å². The van der Waals surface area contributed by atoms with Crippen LogP contribution in [-0.4, -0.2) is 55.9 Å². The Hall–Kier alpha value is -1.37. The molecular formula is C11H18N5O5S+. The summed E-state index contributed by atoms with van der Waals surface area (Å²) in [5.74, 6) is 0.263. The topological polar surface area (TPSA) is 149 Å². The maximum atomic E-state index is 10.3. The van der Waals surface area contributed by atoms with Crippen molar-refractivity contribution in [3.05, 3.63) is 12.0 Å². The Morgan fingerprint density at radius 3 is 2.82 bits per heavy atom. The second kappa shape index (κ2) is 5.08. The lowest BCUT2D eigenvalue weighted by Gasteiger charge is -2.22. The van der Waals surface area contributed by atoms with Crippen LogP contribution < -0.4 is 15.6 Å². The number of aryl methyl sites for hydroxylation is 1. The Bertz CT molecular complexity index is 633. The number of aliphatic hydroxyl groups excluding tert-OH is 3. The number of nitrogens with two attached hydrogens (primary N) is 1. The van der Waals surface area contributed by atoms with Crippen molar-refractivity contribution in [2.45, 2.75) is 29.6 Å². The van der Waals surface area contributed by atoms with E-state index in [9.17, 15) is 20.4 Å². The predicted octanol–water partition coefficient (Wildman–Crippen LogP) is -3.30. The molecular weight excluding hydrogens is 314 g/mol. The standard InChI is InChI=1S/C11H17N5O5S/c1-15-3-16(9-6(19)5(18)4(2-17)21-9)8-7(15)11(20,22)14-10(12)13-8/h3-6,9,17-20H,2H2,1H3,(H3-,12,13,14,22)/p+1/t4-,5-,6-,9-,11?/m1/s1. The van der Waals surface area contributed by atoms with Crippen LogP contribution >= 0.6 is 12.6 Å². The van der Waals surface area contributed by atoms with Gasteiger partial charge in [0.15, 0.2) is 6.33 Å². The fraction of sp³-hybridized carbons (Fsp3) is 0.636. The van der Waals surface area contributed by atoms with Crippen molar-refractivity contribution >= 4 is 24.4 Å². The first-order chi connectivity index (χ1) is 10.3. The van der Waals surface area contributed by atoms with E-state index in [-0.39, 0.29) is 5.96 Å². The first kappa shape index (κ1) is 15.5. The minimum Gasteiger partial charge on any atom is -0.394 e. The Kier molecular flexibility index (Phi) is 3.58. The maximum absolute atomic E-state index is 10.3. The van der Waals surface area contributed by atoms with Crippen molar-refractivity contribution in [1.29, 1.82) is 0 Å². The second-order valence-electron chi connectivity index (χ2n) is 5.32. The molecule has 0 spiro atoms. The molecule has 2 aliphatic rings. The first-order valence-corrected chi connectivity index (χ1v) is 7.01.